The Kier molecular flexibility index (Phi) is 3.79. The van der Waals surface area contributed by atoms with Crippen LogP contribution in [-0.2, 0) is 15.1 Å². The van der Waals surface area contributed by atoms with Gasteiger partial charge < -0.3 is 10.6 Å². The number of amides is 4. The Morgan fingerprint density at radius 3 is 2.61 bits per heavy atom. The first-order valence-corrected chi connectivity index (χ1v) is 7.57. The minimum atomic E-state index is -1.29. The molecule has 1 aliphatic carbocycles. The van der Waals surface area contributed by atoms with Crippen LogP contribution in [0.4, 0.5) is 9.18 Å². The van der Waals surface area contributed by atoms with Crippen molar-refractivity contribution in [2.45, 2.75) is 25.3 Å². The van der Waals surface area contributed by atoms with Gasteiger partial charge in [-0.2, -0.15) is 0 Å². The van der Waals surface area contributed by atoms with Gasteiger partial charge in [0, 0.05) is 6.54 Å². The summed E-state index contributed by atoms with van der Waals surface area (Å²) in [7, 11) is 0. The number of hydrogen-bond donors (Lipinski definition) is 2. The molecule has 2 fully saturated rings. The van der Waals surface area contributed by atoms with Crippen LogP contribution in [0.1, 0.15) is 25.3 Å². The standard InChI is InChI=1S/C16H18FN3O3/c1-16(11-4-6-12(17)7-5-11)14(22)20(15(23)19-16)9-13(21)18-8-10-2-3-10/h4-7,10H,2-3,8-9H2,1H3,(H,18,21)(H,19,23)/t16-/m0/s1. The highest BCUT2D eigenvalue weighted by Crippen LogP contribution is 2.29. The SMILES string of the molecule is C[C@@]1(c2ccc(F)cc2)NC(=O)N(CC(=O)NCC2CC2)C1=O. The van der Waals surface area contributed by atoms with E-state index in [1.54, 1.807) is 6.92 Å². The Bertz CT molecular complexity index is 657. The molecule has 6 nitrogen and oxygen atoms in total. The fourth-order valence-corrected chi connectivity index (χ4v) is 2.60. The fraction of sp³-hybridized carbons (Fsp3) is 0.438. The average molecular weight is 319 g/mol. The molecule has 1 saturated heterocycles. The maximum absolute atomic E-state index is 13.0. The van der Waals surface area contributed by atoms with Crippen LogP contribution in [0.5, 0.6) is 0 Å². The van der Waals surface area contributed by atoms with Crippen molar-refractivity contribution in [3.05, 3.63) is 35.6 Å². The minimum absolute atomic E-state index is 0.311. The number of imide groups is 1. The average Bonchev–Trinajstić information content (AvgIpc) is 3.31. The summed E-state index contributed by atoms with van der Waals surface area (Å²) < 4.78 is 13.0. The summed E-state index contributed by atoms with van der Waals surface area (Å²) >= 11 is 0. The number of halogens is 1. The Labute approximate surface area is 133 Å². The van der Waals surface area contributed by atoms with Gasteiger partial charge in [0.1, 0.15) is 17.9 Å². The van der Waals surface area contributed by atoms with Crippen LogP contribution in [-0.4, -0.2) is 35.8 Å². The summed E-state index contributed by atoms with van der Waals surface area (Å²) in [5, 5.41) is 5.31. The lowest BCUT2D eigenvalue weighted by Gasteiger charge is -2.22. The Morgan fingerprint density at radius 2 is 2.00 bits per heavy atom. The number of carbonyl (C=O) groups is 3. The van der Waals surface area contributed by atoms with Gasteiger partial charge in [0.2, 0.25) is 5.91 Å². The number of nitrogens with one attached hydrogen (secondary N) is 2. The second kappa shape index (κ2) is 5.64. The molecule has 0 radical (unpaired) electrons. The van der Waals surface area contributed by atoms with Gasteiger partial charge >= 0.3 is 6.03 Å². The Hall–Kier alpha value is -2.44. The van der Waals surface area contributed by atoms with E-state index in [9.17, 15) is 18.8 Å². The molecule has 0 bridgehead atoms. The number of benzene rings is 1. The molecular weight excluding hydrogens is 301 g/mol. The summed E-state index contributed by atoms with van der Waals surface area (Å²) in [5.41, 5.74) is -0.820. The molecule has 1 aromatic rings. The van der Waals surface area contributed by atoms with Gasteiger partial charge in [-0.25, -0.2) is 9.18 Å². The molecule has 1 atom stereocenters. The minimum Gasteiger partial charge on any atom is -0.354 e. The van der Waals surface area contributed by atoms with Crippen LogP contribution >= 0.6 is 0 Å². The lowest BCUT2D eigenvalue weighted by atomic mass is 9.92. The highest BCUT2D eigenvalue weighted by Gasteiger charge is 2.49. The number of rotatable bonds is 5. The van der Waals surface area contributed by atoms with E-state index >= 15 is 0 Å². The molecule has 1 saturated carbocycles. The molecule has 122 valence electrons. The molecule has 1 aliphatic heterocycles. The summed E-state index contributed by atoms with van der Waals surface area (Å²) in [6.45, 7) is 1.81. The second-order valence-corrected chi connectivity index (χ2v) is 6.20. The zero-order valence-electron chi connectivity index (χ0n) is 12.8. The monoisotopic (exact) mass is 319 g/mol. The van der Waals surface area contributed by atoms with E-state index < -0.39 is 23.3 Å². The van der Waals surface area contributed by atoms with Crippen LogP contribution in [0.2, 0.25) is 0 Å². The van der Waals surface area contributed by atoms with Crippen LogP contribution in [0, 0.1) is 11.7 Å². The highest BCUT2D eigenvalue weighted by atomic mass is 19.1. The van der Waals surface area contributed by atoms with E-state index in [0.29, 0.717) is 18.0 Å². The molecule has 2 N–H and O–H groups in total. The van der Waals surface area contributed by atoms with Gasteiger partial charge in [-0.15, -0.1) is 0 Å². The third-order valence-electron chi connectivity index (χ3n) is 4.28. The first kappa shape index (κ1) is 15.5. The lowest BCUT2D eigenvalue weighted by molar-refractivity contribution is -0.134. The second-order valence-electron chi connectivity index (χ2n) is 6.20. The third kappa shape index (κ3) is 3.04. The van der Waals surface area contributed by atoms with Gasteiger partial charge in [0.25, 0.3) is 5.91 Å². The van der Waals surface area contributed by atoms with Crippen LogP contribution in [0.25, 0.3) is 0 Å². The van der Waals surface area contributed by atoms with Crippen molar-refractivity contribution in [1.29, 1.82) is 0 Å². The first-order valence-electron chi connectivity index (χ1n) is 7.57. The van der Waals surface area contributed by atoms with E-state index in [-0.39, 0.29) is 12.5 Å². The van der Waals surface area contributed by atoms with E-state index in [4.69, 9.17) is 0 Å². The number of urea groups is 1. The number of nitrogens with zero attached hydrogens (tertiary/aromatic N) is 1. The molecule has 4 amide bonds. The van der Waals surface area contributed by atoms with Gasteiger partial charge in [-0.3, -0.25) is 14.5 Å². The van der Waals surface area contributed by atoms with Crippen molar-refractivity contribution < 1.29 is 18.8 Å². The molecule has 1 heterocycles. The maximum Gasteiger partial charge on any atom is 0.325 e. The van der Waals surface area contributed by atoms with Crippen molar-refractivity contribution in [1.82, 2.24) is 15.5 Å². The molecule has 0 spiro atoms. The molecular formula is C16H18FN3O3. The quantitative estimate of drug-likeness (QED) is 0.798. The van der Waals surface area contributed by atoms with Crippen molar-refractivity contribution in [3.63, 3.8) is 0 Å². The maximum atomic E-state index is 13.0. The van der Waals surface area contributed by atoms with Crippen molar-refractivity contribution in [2.24, 2.45) is 5.92 Å². The Morgan fingerprint density at radius 1 is 1.35 bits per heavy atom. The topological polar surface area (TPSA) is 78.5 Å². The predicted octanol–water partition coefficient (Wildman–Crippen LogP) is 1.12. The van der Waals surface area contributed by atoms with Gasteiger partial charge in [-0.1, -0.05) is 12.1 Å². The number of hydrogen-bond acceptors (Lipinski definition) is 3. The first-order chi connectivity index (χ1) is 10.9. The van der Waals surface area contributed by atoms with E-state index in [2.05, 4.69) is 10.6 Å². The summed E-state index contributed by atoms with van der Waals surface area (Å²) in [6.07, 6.45) is 2.21. The smallest absolute Gasteiger partial charge is 0.325 e. The van der Waals surface area contributed by atoms with Crippen LogP contribution in [0.3, 0.4) is 0 Å². The fourth-order valence-electron chi connectivity index (χ4n) is 2.60. The molecule has 2 aliphatic rings. The number of carbonyl (C=O) groups excluding carboxylic acids is 3. The van der Waals surface area contributed by atoms with Gasteiger partial charge in [0.05, 0.1) is 0 Å². The molecule has 3 rings (SSSR count). The molecule has 0 aromatic heterocycles. The van der Waals surface area contributed by atoms with Crippen LogP contribution in [0.15, 0.2) is 24.3 Å². The van der Waals surface area contributed by atoms with Crippen molar-refractivity contribution in [2.75, 3.05) is 13.1 Å². The van der Waals surface area contributed by atoms with Gasteiger partial charge in [-0.05, 0) is 43.4 Å². The Balaban J connectivity index is 1.70. The predicted molar refractivity (Wildman–Crippen MR) is 79.7 cm³/mol. The van der Waals surface area contributed by atoms with Crippen LogP contribution < -0.4 is 10.6 Å². The summed E-state index contributed by atoms with van der Waals surface area (Å²) in [6, 6.07) is 4.73. The summed E-state index contributed by atoms with van der Waals surface area (Å²) in [4.78, 5) is 37.4. The van der Waals surface area contributed by atoms with E-state index in [1.807, 2.05) is 0 Å². The zero-order valence-corrected chi connectivity index (χ0v) is 12.8. The third-order valence-corrected chi connectivity index (χ3v) is 4.28. The van der Waals surface area contributed by atoms with Gasteiger partial charge in [0.15, 0.2) is 0 Å². The normalized spacial score (nSPS) is 23.8. The summed E-state index contributed by atoms with van der Waals surface area (Å²) in [5.74, 6) is -0.781. The van der Waals surface area contributed by atoms with E-state index in [0.717, 1.165) is 17.7 Å². The highest BCUT2D eigenvalue weighted by molar-refractivity contribution is 6.09. The van der Waals surface area contributed by atoms with E-state index in [1.165, 1.54) is 24.3 Å². The molecule has 1 aromatic carbocycles. The molecule has 0 unspecified atom stereocenters. The van der Waals surface area contributed by atoms with Crippen molar-refractivity contribution >= 4 is 17.8 Å². The lowest BCUT2D eigenvalue weighted by Crippen LogP contribution is -2.43. The zero-order chi connectivity index (χ0) is 16.6. The van der Waals surface area contributed by atoms with Crippen molar-refractivity contribution in [3.8, 4) is 0 Å². The largest absolute Gasteiger partial charge is 0.354 e. The molecule has 7 heteroatoms. The molecule has 23 heavy (non-hydrogen) atoms.